The molecule has 0 aliphatic rings. The van der Waals surface area contributed by atoms with Crippen molar-refractivity contribution < 1.29 is 0 Å². The highest BCUT2D eigenvalue weighted by molar-refractivity contribution is 5.81. The van der Waals surface area contributed by atoms with E-state index in [0.717, 1.165) is 30.2 Å². The van der Waals surface area contributed by atoms with Gasteiger partial charge in [0.2, 0.25) is 0 Å². The maximum atomic E-state index is 4.15. The number of para-hydroxylation sites is 1. The average Bonchev–Trinajstić information content (AvgIpc) is 3.23. The molecule has 0 aliphatic heterocycles. The molecule has 0 saturated carbocycles. The van der Waals surface area contributed by atoms with Gasteiger partial charge in [0.25, 0.3) is 0 Å². The predicted octanol–water partition coefficient (Wildman–Crippen LogP) is 4.80. The van der Waals surface area contributed by atoms with Gasteiger partial charge >= 0.3 is 0 Å². The third-order valence-electron chi connectivity index (χ3n) is 4.29. The first kappa shape index (κ1) is 16.8. The van der Waals surface area contributed by atoms with Crippen LogP contribution in [0.4, 0.5) is 17.1 Å². The Kier molecular flexibility index (Phi) is 5.11. The molecule has 4 rings (SSSR count). The van der Waals surface area contributed by atoms with Gasteiger partial charge < -0.3 is 10.6 Å². The summed E-state index contributed by atoms with van der Waals surface area (Å²) in [6.07, 6.45) is 3.28. The number of aromatic nitrogens is 3. The molecule has 1 heterocycles. The van der Waals surface area contributed by atoms with E-state index in [9.17, 15) is 0 Å². The van der Waals surface area contributed by atoms with E-state index in [1.807, 2.05) is 28.9 Å². The normalized spacial score (nSPS) is 10.5. The molecule has 0 radical (unpaired) electrons. The smallest absolute Gasteiger partial charge is 0.137 e. The Labute approximate surface area is 158 Å². The lowest BCUT2D eigenvalue weighted by Crippen LogP contribution is -2.11. The van der Waals surface area contributed by atoms with Gasteiger partial charge in [-0.15, -0.1) is 0 Å². The third kappa shape index (κ3) is 4.33. The van der Waals surface area contributed by atoms with Crippen LogP contribution >= 0.6 is 0 Å². The van der Waals surface area contributed by atoms with Gasteiger partial charge in [-0.3, -0.25) is 4.68 Å². The monoisotopic (exact) mass is 355 g/mol. The van der Waals surface area contributed by atoms with E-state index in [1.165, 1.54) is 11.1 Å². The van der Waals surface area contributed by atoms with Gasteiger partial charge in [0.1, 0.15) is 12.7 Å². The maximum Gasteiger partial charge on any atom is 0.137 e. The summed E-state index contributed by atoms with van der Waals surface area (Å²) >= 11 is 0. The molecule has 5 nitrogen and oxygen atoms in total. The van der Waals surface area contributed by atoms with Gasteiger partial charge in [-0.2, -0.15) is 5.10 Å². The maximum absolute atomic E-state index is 4.15. The van der Waals surface area contributed by atoms with E-state index in [0.29, 0.717) is 0 Å². The predicted molar refractivity (Wildman–Crippen MR) is 110 cm³/mol. The second-order valence-corrected chi connectivity index (χ2v) is 6.20. The second-order valence-electron chi connectivity index (χ2n) is 6.20. The van der Waals surface area contributed by atoms with Crippen molar-refractivity contribution in [2.24, 2.45) is 0 Å². The van der Waals surface area contributed by atoms with Crippen LogP contribution in [0, 0.1) is 0 Å². The molecular formula is C22H21N5. The highest BCUT2D eigenvalue weighted by Crippen LogP contribution is 2.31. The van der Waals surface area contributed by atoms with Crippen LogP contribution in [0.25, 0.3) is 11.1 Å². The number of hydrogen-bond donors (Lipinski definition) is 2. The molecule has 0 bridgehead atoms. The molecule has 2 N–H and O–H groups in total. The Hall–Kier alpha value is -3.60. The molecule has 0 atom stereocenters. The molecule has 5 heteroatoms. The summed E-state index contributed by atoms with van der Waals surface area (Å²) < 4.78 is 1.82. The van der Waals surface area contributed by atoms with Crippen LogP contribution < -0.4 is 10.6 Å². The topological polar surface area (TPSA) is 54.8 Å². The van der Waals surface area contributed by atoms with Crippen LogP contribution in [-0.4, -0.2) is 21.3 Å². The molecule has 0 spiro atoms. The Morgan fingerprint density at radius 1 is 0.815 bits per heavy atom. The zero-order chi connectivity index (χ0) is 18.3. The number of nitrogens with zero attached hydrogens (tertiary/aromatic N) is 3. The van der Waals surface area contributed by atoms with Crippen molar-refractivity contribution in [3.63, 3.8) is 0 Å². The number of rotatable bonds is 7. The van der Waals surface area contributed by atoms with E-state index >= 15 is 0 Å². The lowest BCUT2D eigenvalue weighted by molar-refractivity contribution is 0.636. The number of nitrogens with one attached hydrogen (secondary N) is 2. The van der Waals surface area contributed by atoms with Crippen molar-refractivity contribution in [2.45, 2.75) is 6.54 Å². The summed E-state index contributed by atoms with van der Waals surface area (Å²) in [6.45, 7) is 1.52. The van der Waals surface area contributed by atoms with Crippen LogP contribution in [0.15, 0.2) is 91.5 Å². The van der Waals surface area contributed by atoms with Gasteiger partial charge in [0.15, 0.2) is 0 Å². The minimum Gasteiger partial charge on any atom is -0.383 e. The lowest BCUT2D eigenvalue weighted by atomic mass is 10.0. The Morgan fingerprint density at radius 2 is 1.59 bits per heavy atom. The van der Waals surface area contributed by atoms with E-state index in [2.05, 4.69) is 75.3 Å². The highest BCUT2D eigenvalue weighted by atomic mass is 15.3. The van der Waals surface area contributed by atoms with Crippen molar-refractivity contribution in [3.8, 4) is 11.1 Å². The molecule has 4 aromatic rings. The fourth-order valence-corrected chi connectivity index (χ4v) is 2.98. The van der Waals surface area contributed by atoms with Crippen LogP contribution in [0.3, 0.4) is 0 Å². The van der Waals surface area contributed by atoms with Crippen molar-refractivity contribution in [2.75, 3.05) is 17.2 Å². The minimum absolute atomic E-state index is 0.755. The zero-order valence-corrected chi connectivity index (χ0v) is 14.9. The van der Waals surface area contributed by atoms with Gasteiger partial charge in [0, 0.05) is 29.2 Å². The number of benzene rings is 3. The fourth-order valence-electron chi connectivity index (χ4n) is 2.98. The minimum atomic E-state index is 0.755. The molecule has 3 aromatic carbocycles. The standard InChI is InChI=1S/C22H21N5/c1-3-7-18(8-4-1)21-12-11-20(26-19-9-5-2-6-10-19)15-22(21)24-13-14-27-17-23-16-25-27/h1-12,15-17,24,26H,13-14H2. The van der Waals surface area contributed by atoms with Crippen molar-refractivity contribution in [1.82, 2.24) is 14.8 Å². The quantitative estimate of drug-likeness (QED) is 0.500. The van der Waals surface area contributed by atoms with E-state index in [1.54, 1.807) is 12.7 Å². The summed E-state index contributed by atoms with van der Waals surface area (Å²) in [6, 6.07) is 27.0. The highest BCUT2D eigenvalue weighted by Gasteiger charge is 2.07. The van der Waals surface area contributed by atoms with Crippen LogP contribution in [0.5, 0.6) is 0 Å². The van der Waals surface area contributed by atoms with Gasteiger partial charge in [-0.25, -0.2) is 4.98 Å². The van der Waals surface area contributed by atoms with Crippen LogP contribution in [0.1, 0.15) is 0 Å². The van der Waals surface area contributed by atoms with Crippen LogP contribution in [0.2, 0.25) is 0 Å². The molecule has 134 valence electrons. The molecule has 0 aliphatic carbocycles. The summed E-state index contributed by atoms with van der Waals surface area (Å²) in [4.78, 5) is 3.99. The fraction of sp³-hybridized carbons (Fsp3) is 0.0909. The first-order chi connectivity index (χ1) is 13.4. The zero-order valence-electron chi connectivity index (χ0n) is 14.9. The number of anilines is 3. The molecule has 1 aromatic heterocycles. The molecular weight excluding hydrogens is 334 g/mol. The summed E-state index contributed by atoms with van der Waals surface area (Å²) in [5.74, 6) is 0. The van der Waals surface area contributed by atoms with Gasteiger partial charge in [0.05, 0.1) is 6.54 Å². The molecule has 0 saturated heterocycles. The Balaban J connectivity index is 1.58. The lowest BCUT2D eigenvalue weighted by Gasteiger charge is -2.15. The first-order valence-corrected chi connectivity index (χ1v) is 8.96. The van der Waals surface area contributed by atoms with E-state index in [-0.39, 0.29) is 0 Å². The Morgan fingerprint density at radius 3 is 2.33 bits per heavy atom. The largest absolute Gasteiger partial charge is 0.383 e. The Bertz CT molecular complexity index is 966. The second kappa shape index (κ2) is 8.19. The van der Waals surface area contributed by atoms with Crippen molar-refractivity contribution in [1.29, 1.82) is 0 Å². The molecule has 0 amide bonds. The number of hydrogen-bond acceptors (Lipinski definition) is 4. The van der Waals surface area contributed by atoms with Gasteiger partial charge in [-0.1, -0.05) is 54.6 Å². The van der Waals surface area contributed by atoms with E-state index < -0.39 is 0 Å². The molecule has 27 heavy (non-hydrogen) atoms. The van der Waals surface area contributed by atoms with E-state index in [4.69, 9.17) is 0 Å². The molecule has 0 unspecified atom stereocenters. The SMILES string of the molecule is c1ccc(Nc2ccc(-c3ccccc3)c(NCCn3cncn3)c2)cc1. The summed E-state index contributed by atoms with van der Waals surface area (Å²) in [7, 11) is 0. The average molecular weight is 355 g/mol. The first-order valence-electron chi connectivity index (χ1n) is 8.96. The summed E-state index contributed by atoms with van der Waals surface area (Å²) in [5.41, 5.74) is 5.56. The summed E-state index contributed by atoms with van der Waals surface area (Å²) in [5, 5.41) is 11.2. The van der Waals surface area contributed by atoms with Crippen LogP contribution in [-0.2, 0) is 6.54 Å². The third-order valence-corrected chi connectivity index (χ3v) is 4.29. The van der Waals surface area contributed by atoms with Crippen molar-refractivity contribution >= 4 is 17.1 Å². The molecule has 0 fully saturated rings. The van der Waals surface area contributed by atoms with Gasteiger partial charge in [-0.05, 0) is 29.8 Å². The van der Waals surface area contributed by atoms with Crippen molar-refractivity contribution in [3.05, 3.63) is 91.5 Å².